The molecule has 0 radical (unpaired) electrons. The van der Waals surface area contributed by atoms with E-state index < -0.39 is 0 Å². The van der Waals surface area contributed by atoms with Gasteiger partial charge in [0.1, 0.15) is 6.07 Å². The summed E-state index contributed by atoms with van der Waals surface area (Å²) < 4.78 is 1.50. The lowest BCUT2D eigenvalue weighted by atomic mass is 10.1. The highest BCUT2D eigenvalue weighted by molar-refractivity contribution is 6.04. The van der Waals surface area contributed by atoms with Crippen molar-refractivity contribution < 1.29 is 4.79 Å². The van der Waals surface area contributed by atoms with Gasteiger partial charge in [0.2, 0.25) is 0 Å². The molecule has 0 aliphatic heterocycles. The monoisotopic (exact) mass is 343 g/mol. The number of amides is 1. The molecule has 0 spiro atoms. The zero-order chi connectivity index (χ0) is 18.5. The zero-order valence-corrected chi connectivity index (χ0v) is 14.3. The lowest BCUT2D eigenvalue weighted by molar-refractivity contribution is 0.102. The van der Waals surface area contributed by atoms with E-state index in [-0.39, 0.29) is 11.5 Å². The molecule has 0 atom stereocenters. The number of nitrogens with one attached hydrogen (secondary N) is 1. The van der Waals surface area contributed by atoms with Crippen LogP contribution in [0.3, 0.4) is 0 Å². The van der Waals surface area contributed by atoms with Crippen molar-refractivity contribution in [2.24, 2.45) is 0 Å². The first-order valence-electron chi connectivity index (χ1n) is 8.13. The standard InChI is InChI=1S/C21H17N3O2/c1-15-5-4-6-16(11-15)13-24-14-18(9-10-20(24)25)21(26)23-19-8-3-2-7-17(19)12-22/h2-11,14H,13H2,1H3,(H,23,26). The topological polar surface area (TPSA) is 74.9 Å². The predicted octanol–water partition coefficient (Wildman–Crippen LogP) is 3.33. The molecule has 26 heavy (non-hydrogen) atoms. The maximum absolute atomic E-state index is 12.5. The lowest BCUT2D eigenvalue weighted by Crippen LogP contribution is -2.22. The molecule has 1 aromatic heterocycles. The summed E-state index contributed by atoms with van der Waals surface area (Å²) in [6.45, 7) is 2.37. The Labute approximate surface area is 151 Å². The number of benzene rings is 2. The fraction of sp³-hybridized carbons (Fsp3) is 0.0952. The molecule has 0 fully saturated rings. The summed E-state index contributed by atoms with van der Waals surface area (Å²) >= 11 is 0. The first-order chi connectivity index (χ1) is 12.6. The maximum Gasteiger partial charge on any atom is 0.257 e. The second-order valence-corrected chi connectivity index (χ2v) is 5.98. The van der Waals surface area contributed by atoms with Crippen LogP contribution in [0, 0.1) is 18.3 Å². The number of nitrogens with zero attached hydrogens (tertiary/aromatic N) is 2. The summed E-state index contributed by atoms with van der Waals surface area (Å²) in [5.74, 6) is -0.370. The van der Waals surface area contributed by atoms with Gasteiger partial charge in [0, 0.05) is 12.3 Å². The molecule has 0 saturated carbocycles. The van der Waals surface area contributed by atoms with Gasteiger partial charge >= 0.3 is 0 Å². The number of aromatic nitrogens is 1. The molecule has 1 amide bonds. The summed E-state index contributed by atoms with van der Waals surface area (Å²) in [6, 6.07) is 19.5. The fourth-order valence-corrected chi connectivity index (χ4v) is 2.68. The van der Waals surface area contributed by atoms with Gasteiger partial charge < -0.3 is 9.88 Å². The minimum atomic E-state index is -0.370. The van der Waals surface area contributed by atoms with E-state index in [2.05, 4.69) is 5.32 Å². The van der Waals surface area contributed by atoms with Crippen LogP contribution in [0.2, 0.25) is 0 Å². The molecular weight excluding hydrogens is 326 g/mol. The third-order valence-corrected chi connectivity index (χ3v) is 3.98. The number of hydrogen-bond acceptors (Lipinski definition) is 3. The van der Waals surface area contributed by atoms with Crippen molar-refractivity contribution in [2.45, 2.75) is 13.5 Å². The average Bonchev–Trinajstić information content (AvgIpc) is 2.64. The quantitative estimate of drug-likeness (QED) is 0.789. The van der Waals surface area contributed by atoms with E-state index in [4.69, 9.17) is 5.26 Å². The largest absolute Gasteiger partial charge is 0.321 e. The average molecular weight is 343 g/mol. The van der Waals surface area contributed by atoms with Crippen molar-refractivity contribution in [3.63, 3.8) is 0 Å². The third kappa shape index (κ3) is 3.87. The minimum Gasteiger partial charge on any atom is -0.321 e. The van der Waals surface area contributed by atoms with Gasteiger partial charge in [-0.2, -0.15) is 5.26 Å². The highest BCUT2D eigenvalue weighted by Gasteiger charge is 2.10. The minimum absolute atomic E-state index is 0.180. The van der Waals surface area contributed by atoms with Crippen LogP contribution < -0.4 is 10.9 Å². The highest BCUT2D eigenvalue weighted by atomic mass is 16.2. The van der Waals surface area contributed by atoms with Gasteiger partial charge in [-0.3, -0.25) is 9.59 Å². The van der Waals surface area contributed by atoms with Gasteiger partial charge in [0.15, 0.2) is 0 Å². The van der Waals surface area contributed by atoms with Crippen LogP contribution in [0.15, 0.2) is 71.7 Å². The van der Waals surface area contributed by atoms with Crippen molar-refractivity contribution in [3.8, 4) is 6.07 Å². The van der Waals surface area contributed by atoms with Crippen LogP contribution in [-0.2, 0) is 6.54 Å². The Bertz CT molecular complexity index is 1060. The van der Waals surface area contributed by atoms with E-state index in [1.165, 1.54) is 22.9 Å². The molecule has 1 heterocycles. The SMILES string of the molecule is Cc1cccc(Cn2cc(C(=O)Nc3ccccc3C#N)ccc2=O)c1. The Kier molecular flexibility index (Phi) is 4.95. The number of carbonyl (C=O) groups excluding carboxylic acids is 1. The van der Waals surface area contributed by atoms with Gasteiger partial charge in [-0.15, -0.1) is 0 Å². The van der Waals surface area contributed by atoms with Crippen LogP contribution in [0.4, 0.5) is 5.69 Å². The van der Waals surface area contributed by atoms with Crippen LogP contribution in [0.25, 0.3) is 0 Å². The summed E-state index contributed by atoms with van der Waals surface area (Å²) in [7, 11) is 0. The third-order valence-electron chi connectivity index (χ3n) is 3.98. The summed E-state index contributed by atoms with van der Waals surface area (Å²) in [4.78, 5) is 24.6. The first-order valence-corrected chi connectivity index (χ1v) is 8.13. The van der Waals surface area contributed by atoms with E-state index in [0.29, 0.717) is 23.4 Å². The number of pyridine rings is 1. The molecule has 0 bridgehead atoms. The van der Waals surface area contributed by atoms with Crippen LogP contribution in [0.1, 0.15) is 27.0 Å². The molecular formula is C21H17N3O2. The molecule has 3 rings (SSSR count). The van der Waals surface area contributed by atoms with Crippen molar-refractivity contribution in [2.75, 3.05) is 5.32 Å². The maximum atomic E-state index is 12.5. The smallest absolute Gasteiger partial charge is 0.257 e. The Morgan fingerprint density at radius 3 is 2.69 bits per heavy atom. The number of nitriles is 1. The number of hydrogen-bond donors (Lipinski definition) is 1. The van der Waals surface area contributed by atoms with E-state index in [1.54, 1.807) is 24.3 Å². The number of carbonyl (C=O) groups is 1. The fourth-order valence-electron chi connectivity index (χ4n) is 2.68. The van der Waals surface area contributed by atoms with Crippen molar-refractivity contribution in [1.82, 2.24) is 4.57 Å². The molecule has 5 nitrogen and oxygen atoms in total. The zero-order valence-electron chi connectivity index (χ0n) is 14.3. The van der Waals surface area contributed by atoms with Crippen LogP contribution in [0.5, 0.6) is 0 Å². The summed E-state index contributed by atoms with van der Waals surface area (Å²) in [5, 5.41) is 11.8. The molecule has 5 heteroatoms. The number of rotatable bonds is 4. The Morgan fingerprint density at radius 1 is 1.12 bits per heavy atom. The number of aryl methyl sites for hydroxylation is 1. The predicted molar refractivity (Wildman–Crippen MR) is 100 cm³/mol. The Morgan fingerprint density at radius 2 is 1.92 bits per heavy atom. The van der Waals surface area contributed by atoms with Crippen molar-refractivity contribution in [3.05, 3.63) is 99.5 Å². The first kappa shape index (κ1) is 17.2. The lowest BCUT2D eigenvalue weighted by Gasteiger charge is -2.10. The molecule has 128 valence electrons. The highest BCUT2D eigenvalue weighted by Crippen LogP contribution is 2.15. The molecule has 2 aromatic carbocycles. The van der Waals surface area contributed by atoms with Crippen molar-refractivity contribution in [1.29, 1.82) is 5.26 Å². The second-order valence-electron chi connectivity index (χ2n) is 5.98. The number of anilines is 1. The molecule has 0 saturated heterocycles. The molecule has 0 aliphatic carbocycles. The second kappa shape index (κ2) is 7.49. The van der Waals surface area contributed by atoms with Gasteiger partial charge in [0.05, 0.1) is 23.4 Å². The van der Waals surface area contributed by atoms with Crippen LogP contribution >= 0.6 is 0 Å². The van der Waals surface area contributed by atoms with Gasteiger partial charge in [-0.1, -0.05) is 42.0 Å². The molecule has 0 aliphatic rings. The van der Waals surface area contributed by atoms with Crippen LogP contribution in [-0.4, -0.2) is 10.5 Å². The van der Waals surface area contributed by atoms with Gasteiger partial charge in [-0.25, -0.2) is 0 Å². The van der Waals surface area contributed by atoms with E-state index in [9.17, 15) is 9.59 Å². The molecule has 1 N–H and O–H groups in total. The summed E-state index contributed by atoms with van der Waals surface area (Å²) in [5.41, 5.74) is 3.09. The Balaban J connectivity index is 1.86. The van der Waals surface area contributed by atoms with Crippen molar-refractivity contribution >= 4 is 11.6 Å². The van der Waals surface area contributed by atoms with E-state index >= 15 is 0 Å². The normalized spacial score (nSPS) is 10.2. The molecule has 3 aromatic rings. The van der Waals surface area contributed by atoms with E-state index in [0.717, 1.165) is 11.1 Å². The van der Waals surface area contributed by atoms with Gasteiger partial charge in [0.25, 0.3) is 11.5 Å². The van der Waals surface area contributed by atoms with E-state index in [1.807, 2.05) is 37.3 Å². The van der Waals surface area contributed by atoms with Gasteiger partial charge in [-0.05, 0) is 30.7 Å². The number of para-hydroxylation sites is 1. The Hall–Kier alpha value is -3.65. The summed E-state index contributed by atoms with van der Waals surface area (Å²) in [6.07, 6.45) is 1.54. The molecule has 0 unspecified atom stereocenters.